The number of ether oxygens (including phenoxy) is 1. The van der Waals surface area contributed by atoms with E-state index in [-0.39, 0.29) is 18.8 Å². The zero-order chi connectivity index (χ0) is 23.0. The summed E-state index contributed by atoms with van der Waals surface area (Å²) in [5, 5.41) is 5.19. The molecule has 2 heterocycles. The molecule has 0 unspecified atom stereocenters. The van der Waals surface area contributed by atoms with E-state index in [1.54, 1.807) is 30.0 Å². The molecule has 0 atom stereocenters. The molecule has 10 heteroatoms. The van der Waals surface area contributed by atoms with Gasteiger partial charge in [-0.15, -0.1) is 0 Å². The Balaban J connectivity index is 1.95. The van der Waals surface area contributed by atoms with Gasteiger partial charge in [0.15, 0.2) is 0 Å². The van der Waals surface area contributed by atoms with Crippen molar-refractivity contribution in [2.45, 2.75) is 6.54 Å². The summed E-state index contributed by atoms with van der Waals surface area (Å²) >= 11 is 12.5. The van der Waals surface area contributed by atoms with Crippen molar-refractivity contribution in [1.29, 1.82) is 0 Å². The molecule has 0 fully saturated rings. The van der Waals surface area contributed by atoms with Crippen LogP contribution < -0.4 is 4.74 Å². The third kappa shape index (κ3) is 4.31. The van der Waals surface area contributed by atoms with Gasteiger partial charge in [-0.2, -0.15) is 9.40 Å². The first kappa shape index (κ1) is 22.5. The lowest BCUT2D eigenvalue weighted by Crippen LogP contribution is -2.35. The lowest BCUT2D eigenvalue weighted by Gasteiger charge is -2.28. The Labute approximate surface area is 195 Å². The SMILES string of the molecule is COc1ccc(/C=C2\CN(S(C)(=O)=O)Cc3c([C]=O)nn(-c4ccc(Cl)cc4Cl)c32)cc1. The van der Waals surface area contributed by atoms with E-state index < -0.39 is 10.0 Å². The van der Waals surface area contributed by atoms with Crippen molar-refractivity contribution < 1.29 is 17.9 Å². The summed E-state index contributed by atoms with van der Waals surface area (Å²) in [5.74, 6) is 0.699. The molecule has 0 bridgehead atoms. The largest absolute Gasteiger partial charge is 0.497 e. The molecular formula is C22H18Cl2N3O4S. The molecule has 1 radical (unpaired) electrons. The monoisotopic (exact) mass is 490 g/mol. The number of sulfonamides is 1. The second-order valence-corrected chi connectivity index (χ2v) is 10.1. The van der Waals surface area contributed by atoms with Crippen LogP contribution in [0.5, 0.6) is 5.75 Å². The maximum absolute atomic E-state index is 12.4. The van der Waals surface area contributed by atoms with Crippen LogP contribution in [0.25, 0.3) is 17.3 Å². The molecule has 0 saturated carbocycles. The normalized spacial score (nSPS) is 15.6. The fourth-order valence-electron chi connectivity index (χ4n) is 3.59. The van der Waals surface area contributed by atoms with Gasteiger partial charge < -0.3 is 4.74 Å². The highest BCUT2D eigenvalue weighted by atomic mass is 35.5. The number of carbonyl (C=O) groups excluding carboxylic acids is 1. The summed E-state index contributed by atoms with van der Waals surface area (Å²) in [6.45, 7) is 0.108. The minimum Gasteiger partial charge on any atom is -0.497 e. The summed E-state index contributed by atoms with van der Waals surface area (Å²) in [6, 6.07) is 12.3. The summed E-state index contributed by atoms with van der Waals surface area (Å²) in [4.78, 5) is 11.7. The van der Waals surface area contributed by atoms with Crippen LogP contribution in [-0.4, -0.2) is 48.7 Å². The smallest absolute Gasteiger partial charge is 0.255 e. The number of hydrogen-bond donors (Lipinski definition) is 0. The van der Waals surface area contributed by atoms with E-state index in [0.29, 0.717) is 38.3 Å². The number of rotatable bonds is 5. The molecule has 4 rings (SSSR count). The summed E-state index contributed by atoms with van der Waals surface area (Å²) in [5.41, 5.74) is 3.09. The standard InChI is InChI=1S/C22H18Cl2N3O4S/c1-31-17-6-3-14(4-7-17)9-15-11-26(32(2,29)30)12-18-20(13-28)25-27(22(15)18)21-8-5-16(23)10-19(21)24/h3-10H,11-12H2,1-2H3/b15-9+. The van der Waals surface area contributed by atoms with Gasteiger partial charge in [-0.1, -0.05) is 35.3 Å². The van der Waals surface area contributed by atoms with Gasteiger partial charge in [0, 0.05) is 23.7 Å². The van der Waals surface area contributed by atoms with Crippen LogP contribution in [0.15, 0.2) is 42.5 Å². The molecular weight excluding hydrogens is 473 g/mol. The first-order valence-electron chi connectivity index (χ1n) is 9.47. The Hall–Kier alpha value is -2.65. The topological polar surface area (TPSA) is 81.5 Å². The van der Waals surface area contributed by atoms with Gasteiger partial charge in [0.05, 0.1) is 29.8 Å². The number of benzene rings is 2. The molecule has 165 valence electrons. The van der Waals surface area contributed by atoms with E-state index >= 15 is 0 Å². The molecule has 0 saturated heterocycles. The van der Waals surface area contributed by atoms with Crippen molar-refractivity contribution in [3.8, 4) is 11.4 Å². The fourth-order valence-corrected chi connectivity index (χ4v) is 4.81. The van der Waals surface area contributed by atoms with E-state index in [1.807, 2.05) is 36.6 Å². The Bertz CT molecular complexity index is 1330. The zero-order valence-electron chi connectivity index (χ0n) is 17.2. The van der Waals surface area contributed by atoms with Crippen molar-refractivity contribution >= 4 is 51.2 Å². The molecule has 1 aliphatic heterocycles. The summed E-state index contributed by atoms with van der Waals surface area (Å²) in [7, 11) is -1.96. The van der Waals surface area contributed by atoms with Crippen molar-refractivity contribution in [3.63, 3.8) is 0 Å². The zero-order valence-corrected chi connectivity index (χ0v) is 19.5. The first-order valence-corrected chi connectivity index (χ1v) is 12.1. The first-order chi connectivity index (χ1) is 15.2. The molecule has 3 aromatic rings. The quantitative estimate of drug-likeness (QED) is 0.540. The molecule has 0 aliphatic carbocycles. The van der Waals surface area contributed by atoms with Crippen LogP contribution >= 0.6 is 23.2 Å². The molecule has 0 spiro atoms. The van der Waals surface area contributed by atoms with Crippen molar-refractivity contribution in [2.75, 3.05) is 19.9 Å². The summed E-state index contributed by atoms with van der Waals surface area (Å²) in [6.07, 6.45) is 4.82. The van der Waals surface area contributed by atoms with Crippen LogP contribution in [0, 0.1) is 0 Å². The van der Waals surface area contributed by atoms with E-state index in [0.717, 1.165) is 11.8 Å². The maximum Gasteiger partial charge on any atom is 0.255 e. The highest BCUT2D eigenvalue weighted by Gasteiger charge is 2.33. The van der Waals surface area contributed by atoms with Gasteiger partial charge in [-0.05, 0) is 47.5 Å². The maximum atomic E-state index is 12.4. The molecule has 1 aromatic heterocycles. The second-order valence-electron chi connectivity index (χ2n) is 7.26. The van der Waals surface area contributed by atoms with E-state index in [2.05, 4.69) is 5.10 Å². The van der Waals surface area contributed by atoms with Crippen LogP contribution in [-0.2, 0) is 21.4 Å². The summed E-state index contributed by atoms with van der Waals surface area (Å²) < 4.78 is 32.8. The van der Waals surface area contributed by atoms with E-state index in [9.17, 15) is 13.2 Å². The average Bonchev–Trinajstić information content (AvgIpc) is 3.12. The van der Waals surface area contributed by atoms with E-state index in [1.165, 1.54) is 4.31 Å². The lowest BCUT2D eigenvalue weighted by molar-refractivity contribution is 0.415. The number of nitrogens with zero attached hydrogens (tertiary/aromatic N) is 3. The number of aromatic nitrogens is 2. The molecule has 32 heavy (non-hydrogen) atoms. The molecule has 7 nitrogen and oxygen atoms in total. The minimum atomic E-state index is -3.54. The molecule has 2 aromatic carbocycles. The number of fused-ring (bicyclic) bond motifs is 1. The van der Waals surface area contributed by atoms with Gasteiger partial charge in [0.1, 0.15) is 11.4 Å². The van der Waals surface area contributed by atoms with Crippen molar-refractivity contribution in [2.24, 2.45) is 0 Å². The number of halogens is 2. The lowest BCUT2D eigenvalue weighted by atomic mass is 9.99. The third-order valence-corrected chi connectivity index (χ3v) is 6.86. The Morgan fingerprint density at radius 2 is 1.84 bits per heavy atom. The van der Waals surface area contributed by atoms with Crippen LogP contribution in [0.1, 0.15) is 22.5 Å². The molecule has 0 N–H and O–H groups in total. The third-order valence-electron chi connectivity index (χ3n) is 5.13. The highest BCUT2D eigenvalue weighted by molar-refractivity contribution is 7.88. The Morgan fingerprint density at radius 1 is 1.12 bits per heavy atom. The minimum absolute atomic E-state index is 0.00387. The highest BCUT2D eigenvalue weighted by Crippen LogP contribution is 2.36. The molecule has 1 aliphatic rings. The van der Waals surface area contributed by atoms with Gasteiger partial charge in [0.2, 0.25) is 10.0 Å². The van der Waals surface area contributed by atoms with Gasteiger partial charge in [0.25, 0.3) is 6.29 Å². The van der Waals surface area contributed by atoms with Crippen LogP contribution in [0.2, 0.25) is 10.0 Å². The average molecular weight is 491 g/mol. The van der Waals surface area contributed by atoms with Crippen LogP contribution in [0.4, 0.5) is 0 Å². The van der Waals surface area contributed by atoms with Gasteiger partial charge in [-0.3, -0.25) is 4.79 Å². The van der Waals surface area contributed by atoms with Crippen molar-refractivity contribution in [1.82, 2.24) is 14.1 Å². The predicted octanol–water partition coefficient (Wildman–Crippen LogP) is 3.96. The second kappa shape index (κ2) is 8.71. The Morgan fingerprint density at radius 3 is 2.44 bits per heavy atom. The number of hydrogen-bond acceptors (Lipinski definition) is 5. The van der Waals surface area contributed by atoms with E-state index in [4.69, 9.17) is 27.9 Å². The molecule has 0 amide bonds. The fraction of sp³-hybridized carbons (Fsp3) is 0.182. The Kier molecular flexibility index (Phi) is 6.13. The van der Waals surface area contributed by atoms with Crippen LogP contribution in [0.3, 0.4) is 0 Å². The number of methoxy groups -OCH3 is 1. The van der Waals surface area contributed by atoms with Gasteiger partial charge in [-0.25, -0.2) is 13.1 Å². The predicted molar refractivity (Wildman–Crippen MR) is 124 cm³/mol. The van der Waals surface area contributed by atoms with Gasteiger partial charge >= 0.3 is 0 Å². The van der Waals surface area contributed by atoms with Crippen molar-refractivity contribution in [3.05, 3.63) is 75.0 Å².